The molecule has 0 fully saturated rings. The van der Waals surface area contributed by atoms with Gasteiger partial charge in [-0.05, 0) is 26.3 Å². The van der Waals surface area contributed by atoms with Gasteiger partial charge < -0.3 is 9.47 Å². The molecule has 0 radical (unpaired) electrons. The van der Waals surface area contributed by atoms with Gasteiger partial charge >= 0.3 is 0 Å². The molecule has 0 heterocycles. The zero-order chi connectivity index (χ0) is 15.6. The Morgan fingerprint density at radius 3 is 2.38 bits per heavy atom. The second-order valence-electron chi connectivity index (χ2n) is 5.24. The molecule has 0 amide bonds. The van der Waals surface area contributed by atoms with Crippen LogP contribution in [0.2, 0.25) is 0 Å². The fraction of sp³-hybridized carbons (Fsp3) is 0.588. The van der Waals surface area contributed by atoms with Gasteiger partial charge in [-0.15, -0.1) is 0 Å². The van der Waals surface area contributed by atoms with E-state index >= 15 is 0 Å². The highest BCUT2D eigenvalue weighted by Crippen LogP contribution is 2.25. The minimum Gasteiger partial charge on any atom is -0.379 e. The lowest BCUT2D eigenvalue weighted by molar-refractivity contribution is 0.0455. The maximum atomic E-state index is 9.73. The summed E-state index contributed by atoms with van der Waals surface area (Å²) >= 11 is 0. The van der Waals surface area contributed by atoms with Gasteiger partial charge in [-0.25, -0.2) is 0 Å². The van der Waals surface area contributed by atoms with Gasteiger partial charge in [-0.1, -0.05) is 30.3 Å². The largest absolute Gasteiger partial charge is 0.379 e. The standard InChI is InChI=1S/C17H26N2O2/c1-4-20-12-13-21-11-10-17(14-18,19-15(2)3)16-8-6-5-7-9-16/h5-9,15,19H,4,10-13H2,1-3H3. The zero-order valence-corrected chi connectivity index (χ0v) is 13.3. The summed E-state index contributed by atoms with van der Waals surface area (Å²) in [4.78, 5) is 0. The second kappa shape index (κ2) is 9.51. The van der Waals surface area contributed by atoms with Gasteiger partial charge in [-0.2, -0.15) is 5.26 Å². The van der Waals surface area contributed by atoms with Crippen LogP contribution in [0.3, 0.4) is 0 Å². The van der Waals surface area contributed by atoms with E-state index in [0.29, 0.717) is 32.8 Å². The number of hydrogen-bond acceptors (Lipinski definition) is 4. The molecule has 0 bridgehead atoms. The van der Waals surface area contributed by atoms with Crippen molar-refractivity contribution >= 4 is 0 Å². The van der Waals surface area contributed by atoms with Crippen LogP contribution in [0.25, 0.3) is 0 Å². The average molecular weight is 290 g/mol. The van der Waals surface area contributed by atoms with E-state index in [4.69, 9.17) is 9.47 Å². The van der Waals surface area contributed by atoms with Crippen molar-refractivity contribution in [2.24, 2.45) is 0 Å². The molecule has 1 aromatic rings. The third-order valence-electron chi connectivity index (χ3n) is 3.19. The molecule has 1 atom stereocenters. The highest BCUT2D eigenvalue weighted by molar-refractivity contribution is 5.31. The van der Waals surface area contributed by atoms with Crippen LogP contribution in [-0.2, 0) is 15.0 Å². The first-order valence-electron chi connectivity index (χ1n) is 7.54. The van der Waals surface area contributed by atoms with Crippen molar-refractivity contribution in [3.8, 4) is 6.07 Å². The molecule has 4 nitrogen and oxygen atoms in total. The molecule has 1 N–H and O–H groups in total. The van der Waals surface area contributed by atoms with Crippen molar-refractivity contribution in [1.29, 1.82) is 5.26 Å². The maximum Gasteiger partial charge on any atom is 0.134 e. The van der Waals surface area contributed by atoms with E-state index in [1.807, 2.05) is 51.1 Å². The molecule has 0 saturated heterocycles. The van der Waals surface area contributed by atoms with Crippen LogP contribution in [-0.4, -0.2) is 32.5 Å². The van der Waals surface area contributed by atoms with Crippen LogP contribution in [0.15, 0.2) is 30.3 Å². The van der Waals surface area contributed by atoms with Crippen LogP contribution in [0.1, 0.15) is 32.8 Å². The van der Waals surface area contributed by atoms with Crippen molar-refractivity contribution < 1.29 is 9.47 Å². The maximum absolute atomic E-state index is 9.73. The van der Waals surface area contributed by atoms with Crippen molar-refractivity contribution in [3.63, 3.8) is 0 Å². The molecule has 1 aromatic carbocycles. The predicted octanol–water partition coefficient (Wildman–Crippen LogP) is 2.85. The lowest BCUT2D eigenvalue weighted by Crippen LogP contribution is -2.45. The SMILES string of the molecule is CCOCCOCCC(C#N)(NC(C)C)c1ccccc1. The Hall–Kier alpha value is -1.41. The Kier molecular flexibility index (Phi) is 7.99. The zero-order valence-electron chi connectivity index (χ0n) is 13.3. The Morgan fingerprint density at radius 1 is 1.14 bits per heavy atom. The first kappa shape index (κ1) is 17.6. The van der Waals surface area contributed by atoms with Crippen molar-refractivity contribution in [2.45, 2.75) is 38.8 Å². The highest BCUT2D eigenvalue weighted by Gasteiger charge is 2.32. The van der Waals surface area contributed by atoms with Crippen molar-refractivity contribution in [2.75, 3.05) is 26.4 Å². The lowest BCUT2D eigenvalue weighted by Gasteiger charge is -2.30. The van der Waals surface area contributed by atoms with Crippen LogP contribution in [0.4, 0.5) is 0 Å². The van der Waals surface area contributed by atoms with E-state index in [1.165, 1.54) is 0 Å². The summed E-state index contributed by atoms with van der Waals surface area (Å²) in [5.41, 5.74) is 0.274. The minimum absolute atomic E-state index is 0.216. The van der Waals surface area contributed by atoms with E-state index < -0.39 is 5.54 Å². The molecule has 0 aromatic heterocycles. The Bertz CT molecular complexity index is 428. The molecule has 0 spiro atoms. The Labute approximate surface area is 128 Å². The predicted molar refractivity (Wildman–Crippen MR) is 83.9 cm³/mol. The van der Waals surface area contributed by atoms with E-state index in [-0.39, 0.29) is 6.04 Å². The smallest absolute Gasteiger partial charge is 0.134 e. The number of nitrogens with zero attached hydrogens (tertiary/aromatic N) is 1. The van der Waals surface area contributed by atoms with Crippen LogP contribution in [0, 0.1) is 11.3 Å². The Morgan fingerprint density at radius 2 is 1.81 bits per heavy atom. The number of nitriles is 1. The molecular formula is C17H26N2O2. The average Bonchev–Trinajstić information content (AvgIpc) is 2.50. The van der Waals surface area contributed by atoms with E-state index in [2.05, 4.69) is 11.4 Å². The fourth-order valence-electron chi connectivity index (χ4n) is 2.26. The van der Waals surface area contributed by atoms with E-state index in [1.54, 1.807) is 0 Å². The fourth-order valence-corrected chi connectivity index (χ4v) is 2.26. The number of benzene rings is 1. The van der Waals surface area contributed by atoms with Gasteiger partial charge in [0.15, 0.2) is 0 Å². The Balaban J connectivity index is 2.67. The highest BCUT2D eigenvalue weighted by atomic mass is 16.5. The third-order valence-corrected chi connectivity index (χ3v) is 3.19. The molecule has 0 aliphatic rings. The van der Waals surface area contributed by atoms with Crippen LogP contribution < -0.4 is 5.32 Å². The van der Waals surface area contributed by atoms with Crippen LogP contribution in [0.5, 0.6) is 0 Å². The molecular weight excluding hydrogens is 264 g/mol. The molecule has 116 valence electrons. The molecule has 4 heteroatoms. The van der Waals surface area contributed by atoms with E-state index in [0.717, 1.165) is 5.56 Å². The monoisotopic (exact) mass is 290 g/mol. The number of rotatable bonds is 10. The molecule has 0 saturated carbocycles. The van der Waals surface area contributed by atoms with E-state index in [9.17, 15) is 5.26 Å². The van der Waals surface area contributed by atoms with Crippen molar-refractivity contribution in [3.05, 3.63) is 35.9 Å². The first-order chi connectivity index (χ1) is 10.1. The third kappa shape index (κ3) is 5.84. The summed E-state index contributed by atoms with van der Waals surface area (Å²) in [6.07, 6.45) is 0.609. The minimum atomic E-state index is -0.707. The normalized spacial score (nSPS) is 13.9. The van der Waals surface area contributed by atoms with Crippen LogP contribution >= 0.6 is 0 Å². The van der Waals surface area contributed by atoms with Gasteiger partial charge in [0.05, 0.1) is 19.3 Å². The van der Waals surface area contributed by atoms with Gasteiger partial charge in [0.1, 0.15) is 5.54 Å². The molecule has 1 rings (SSSR count). The topological polar surface area (TPSA) is 54.3 Å². The van der Waals surface area contributed by atoms with Gasteiger partial charge in [-0.3, -0.25) is 5.32 Å². The summed E-state index contributed by atoms with van der Waals surface area (Å²) in [5, 5.41) is 13.1. The van der Waals surface area contributed by atoms with Gasteiger partial charge in [0, 0.05) is 25.7 Å². The first-order valence-corrected chi connectivity index (χ1v) is 7.54. The summed E-state index contributed by atoms with van der Waals surface area (Å²) < 4.78 is 10.8. The summed E-state index contributed by atoms with van der Waals surface area (Å²) in [7, 11) is 0. The number of nitrogens with one attached hydrogen (secondary N) is 1. The molecule has 1 unspecified atom stereocenters. The van der Waals surface area contributed by atoms with Gasteiger partial charge in [0.25, 0.3) is 0 Å². The second-order valence-corrected chi connectivity index (χ2v) is 5.24. The molecule has 0 aliphatic carbocycles. The quantitative estimate of drug-likeness (QED) is 0.673. The summed E-state index contributed by atoms with van der Waals surface area (Å²) in [6.45, 7) is 8.43. The van der Waals surface area contributed by atoms with Crippen molar-refractivity contribution in [1.82, 2.24) is 5.32 Å². The summed E-state index contributed by atoms with van der Waals surface area (Å²) in [5.74, 6) is 0. The molecule has 21 heavy (non-hydrogen) atoms. The van der Waals surface area contributed by atoms with Gasteiger partial charge in [0.2, 0.25) is 0 Å². The molecule has 0 aliphatic heterocycles. The number of hydrogen-bond donors (Lipinski definition) is 1. The summed E-state index contributed by atoms with van der Waals surface area (Å²) in [6, 6.07) is 12.5. The lowest BCUT2D eigenvalue weighted by atomic mass is 9.87. The number of ether oxygens (including phenoxy) is 2.